The van der Waals surface area contributed by atoms with Crippen LogP contribution in [0.1, 0.15) is 5.69 Å². The molecule has 30 heavy (non-hydrogen) atoms. The monoisotopic (exact) mass is 447 g/mol. The van der Waals surface area contributed by atoms with E-state index in [0.717, 1.165) is 0 Å². The van der Waals surface area contributed by atoms with Gasteiger partial charge in [0.25, 0.3) is 20.0 Å². The Labute approximate surface area is 173 Å². The fraction of sp³-hybridized carbons (Fsp3) is 0.0556. The van der Waals surface area contributed by atoms with E-state index in [1.54, 1.807) is 19.1 Å². The molecule has 0 fully saturated rings. The smallest absolute Gasteiger partial charge is 0.307 e. The number of sulfonamides is 2. The zero-order chi connectivity index (χ0) is 21.8. The van der Waals surface area contributed by atoms with Crippen LogP contribution in [0.4, 0.5) is 16.4 Å². The van der Waals surface area contributed by atoms with Crippen LogP contribution in [0.2, 0.25) is 0 Å². The van der Waals surface area contributed by atoms with E-state index in [1.165, 1.54) is 54.7 Å². The first-order chi connectivity index (χ1) is 14.2. The predicted octanol–water partition coefficient (Wildman–Crippen LogP) is 2.10. The van der Waals surface area contributed by atoms with Gasteiger partial charge in [-0.2, -0.15) is 0 Å². The lowest BCUT2D eigenvalue weighted by atomic mass is 10.3. The van der Waals surface area contributed by atoms with Gasteiger partial charge in [-0.1, -0.05) is 18.2 Å². The number of anilines is 2. The molecule has 2 aromatic carbocycles. The normalized spacial score (nSPS) is 11.5. The van der Waals surface area contributed by atoms with Crippen molar-refractivity contribution in [3.8, 4) is 0 Å². The third-order valence-corrected chi connectivity index (χ3v) is 6.41. The van der Waals surface area contributed by atoms with Gasteiger partial charge in [0.05, 0.1) is 9.79 Å². The van der Waals surface area contributed by atoms with Gasteiger partial charge in [0.1, 0.15) is 0 Å². The Hall–Kier alpha value is -3.51. The zero-order valence-electron chi connectivity index (χ0n) is 15.6. The second kappa shape index (κ2) is 8.47. The number of amides is 2. The van der Waals surface area contributed by atoms with Crippen molar-refractivity contribution in [3.05, 3.63) is 72.6 Å². The Bertz CT molecular complexity index is 1260. The molecule has 12 heteroatoms. The van der Waals surface area contributed by atoms with Crippen LogP contribution in [-0.4, -0.2) is 32.8 Å². The highest BCUT2D eigenvalue weighted by Crippen LogP contribution is 2.17. The van der Waals surface area contributed by atoms with Crippen molar-refractivity contribution in [1.29, 1.82) is 0 Å². The molecule has 0 bridgehead atoms. The SMILES string of the molecule is Cc1ccnc(NS(=O)(=O)c2ccc(NC(=O)NS(=O)(=O)c3ccccc3)cc2)n1. The van der Waals surface area contributed by atoms with E-state index < -0.39 is 26.1 Å². The number of hydrogen-bond donors (Lipinski definition) is 3. The molecule has 156 valence electrons. The molecule has 0 spiro atoms. The van der Waals surface area contributed by atoms with Crippen LogP contribution >= 0.6 is 0 Å². The van der Waals surface area contributed by atoms with Crippen molar-refractivity contribution >= 4 is 37.7 Å². The van der Waals surface area contributed by atoms with Crippen LogP contribution in [0.5, 0.6) is 0 Å². The summed E-state index contributed by atoms with van der Waals surface area (Å²) >= 11 is 0. The number of carbonyl (C=O) groups excluding carboxylic acids is 1. The number of hydrogen-bond acceptors (Lipinski definition) is 7. The number of nitrogens with zero attached hydrogens (tertiary/aromatic N) is 2. The maximum absolute atomic E-state index is 12.4. The number of benzene rings is 2. The predicted molar refractivity (Wildman–Crippen MR) is 110 cm³/mol. The van der Waals surface area contributed by atoms with Gasteiger partial charge in [-0.15, -0.1) is 0 Å². The first-order valence-electron chi connectivity index (χ1n) is 8.47. The Morgan fingerprint density at radius 1 is 0.833 bits per heavy atom. The summed E-state index contributed by atoms with van der Waals surface area (Å²) in [5.74, 6) is -0.0669. The minimum Gasteiger partial charge on any atom is -0.307 e. The molecular weight excluding hydrogens is 430 g/mol. The molecule has 3 aromatic rings. The highest BCUT2D eigenvalue weighted by atomic mass is 32.2. The second-order valence-corrected chi connectivity index (χ2v) is 9.39. The van der Waals surface area contributed by atoms with Crippen molar-refractivity contribution in [2.45, 2.75) is 16.7 Å². The quantitative estimate of drug-likeness (QED) is 0.524. The van der Waals surface area contributed by atoms with E-state index in [9.17, 15) is 21.6 Å². The molecule has 0 aliphatic heterocycles. The standard InChI is InChI=1S/C18H17N5O5S2/c1-13-11-12-19-17(20-13)22-29(25,26)16-9-7-14(8-10-16)21-18(24)23-30(27,28)15-5-3-2-4-6-15/h2-12H,1H3,(H,19,20,22)(H2,21,23,24). The fourth-order valence-corrected chi connectivity index (χ4v) is 4.21. The largest absolute Gasteiger partial charge is 0.333 e. The maximum Gasteiger partial charge on any atom is 0.333 e. The minimum absolute atomic E-state index is 0.0639. The Morgan fingerprint density at radius 2 is 1.47 bits per heavy atom. The Balaban J connectivity index is 1.67. The molecule has 0 radical (unpaired) electrons. The second-order valence-electron chi connectivity index (χ2n) is 6.02. The van der Waals surface area contributed by atoms with Gasteiger partial charge in [0.15, 0.2) is 0 Å². The maximum atomic E-state index is 12.4. The average Bonchev–Trinajstić information content (AvgIpc) is 2.68. The third-order valence-electron chi connectivity index (χ3n) is 3.72. The number of carbonyl (C=O) groups is 1. The lowest BCUT2D eigenvalue weighted by Gasteiger charge is -2.10. The number of aromatic nitrogens is 2. The molecule has 1 aromatic heterocycles. The zero-order valence-corrected chi connectivity index (χ0v) is 17.2. The molecular formula is C18H17N5O5S2. The molecule has 1 heterocycles. The van der Waals surface area contributed by atoms with Crippen molar-refractivity contribution in [2.75, 3.05) is 10.0 Å². The highest BCUT2D eigenvalue weighted by Gasteiger charge is 2.18. The van der Waals surface area contributed by atoms with Gasteiger partial charge >= 0.3 is 6.03 Å². The topological polar surface area (TPSA) is 147 Å². The molecule has 0 atom stereocenters. The van der Waals surface area contributed by atoms with Crippen LogP contribution in [0.3, 0.4) is 0 Å². The highest BCUT2D eigenvalue weighted by molar-refractivity contribution is 7.92. The van der Waals surface area contributed by atoms with Crippen molar-refractivity contribution in [3.63, 3.8) is 0 Å². The summed E-state index contributed by atoms with van der Waals surface area (Å²) in [4.78, 5) is 19.7. The molecule has 0 aliphatic carbocycles. The van der Waals surface area contributed by atoms with Gasteiger partial charge in [0.2, 0.25) is 5.95 Å². The van der Waals surface area contributed by atoms with Crippen LogP contribution in [0.25, 0.3) is 0 Å². The van der Waals surface area contributed by atoms with Gasteiger partial charge in [-0.3, -0.25) is 0 Å². The molecule has 2 amide bonds. The van der Waals surface area contributed by atoms with Crippen molar-refractivity contribution < 1.29 is 21.6 Å². The first-order valence-corrected chi connectivity index (χ1v) is 11.4. The summed E-state index contributed by atoms with van der Waals surface area (Å²) in [6.45, 7) is 1.70. The summed E-state index contributed by atoms with van der Waals surface area (Å²) in [6, 6.07) is 13.2. The summed E-state index contributed by atoms with van der Waals surface area (Å²) in [5.41, 5.74) is 0.792. The van der Waals surface area contributed by atoms with E-state index in [4.69, 9.17) is 0 Å². The molecule has 3 N–H and O–H groups in total. The van der Waals surface area contributed by atoms with Crippen LogP contribution < -0.4 is 14.8 Å². The van der Waals surface area contributed by atoms with E-state index in [2.05, 4.69) is 20.0 Å². The molecule has 0 saturated carbocycles. The van der Waals surface area contributed by atoms with E-state index >= 15 is 0 Å². The summed E-state index contributed by atoms with van der Waals surface area (Å²) in [5, 5.41) is 2.33. The Morgan fingerprint density at radius 3 is 2.10 bits per heavy atom. The van der Waals surface area contributed by atoms with E-state index in [1.807, 2.05) is 4.72 Å². The lowest BCUT2D eigenvalue weighted by Crippen LogP contribution is -2.34. The number of urea groups is 1. The van der Waals surface area contributed by atoms with Gasteiger partial charge in [0, 0.05) is 17.6 Å². The summed E-state index contributed by atoms with van der Waals surface area (Å²) in [7, 11) is -7.97. The van der Waals surface area contributed by atoms with Gasteiger partial charge in [-0.25, -0.2) is 41.0 Å². The van der Waals surface area contributed by atoms with Crippen LogP contribution in [0, 0.1) is 6.92 Å². The number of nitrogens with one attached hydrogen (secondary N) is 3. The summed E-state index contributed by atoms with van der Waals surface area (Å²) < 4.78 is 53.3. The fourth-order valence-electron chi connectivity index (χ4n) is 2.33. The Kier molecular flexibility index (Phi) is 5.99. The molecule has 3 rings (SSSR count). The number of aryl methyl sites for hydroxylation is 1. The summed E-state index contributed by atoms with van der Waals surface area (Å²) in [6.07, 6.45) is 1.43. The van der Waals surface area contributed by atoms with Gasteiger partial charge < -0.3 is 5.32 Å². The van der Waals surface area contributed by atoms with Crippen LogP contribution in [0.15, 0.2) is 76.7 Å². The van der Waals surface area contributed by atoms with Crippen molar-refractivity contribution in [1.82, 2.24) is 14.7 Å². The number of rotatable bonds is 6. The average molecular weight is 447 g/mol. The molecule has 0 saturated heterocycles. The third kappa shape index (κ3) is 5.30. The van der Waals surface area contributed by atoms with E-state index in [0.29, 0.717) is 5.69 Å². The minimum atomic E-state index is -4.03. The molecule has 10 nitrogen and oxygen atoms in total. The van der Waals surface area contributed by atoms with E-state index in [-0.39, 0.29) is 21.4 Å². The first kappa shape index (κ1) is 21.2. The van der Waals surface area contributed by atoms with Crippen molar-refractivity contribution in [2.24, 2.45) is 0 Å². The molecule has 0 aliphatic rings. The lowest BCUT2D eigenvalue weighted by molar-refractivity contribution is 0.256. The van der Waals surface area contributed by atoms with Crippen LogP contribution in [-0.2, 0) is 20.0 Å². The van der Waals surface area contributed by atoms with Gasteiger partial charge in [-0.05, 0) is 49.4 Å². The molecule has 0 unspecified atom stereocenters.